The lowest BCUT2D eigenvalue weighted by molar-refractivity contribution is -0.149. The number of esters is 1. The molecule has 27 heavy (non-hydrogen) atoms. The minimum Gasteiger partial charge on any atom is -0.490 e. The Kier molecular flexibility index (Phi) is 9.61. The number of benzene rings is 2. The van der Waals surface area contributed by atoms with Crippen molar-refractivity contribution < 1.29 is 23.4 Å². The SMILES string of the molecule is CCOC(=O)C(F)[C@H](N)c1ccc(OCc2ccccc2)c(OCC)c1.Cl. The minimum absolute atomic E-state index is 0. The van der Waals surface area contributed by atoms with Crippen molar-refractivity contribution in [2.75, 3.05) is 13.2 Å². The maximum Gasteiger partial charge on any atom is 0.342 e. The van der Waals surface area contributed by atoms with Crippen LogP contribution in [0.3, 0.4) is 0 Å². The molecule has 5 nitrogen and oxygen atoms in total. The molecule has 2 N–H and O–H groups in total. The van der Waals surface area contributed by atoms with Gasteiger partial charge < -0.3 is 19.9 Å². The number of alkyl halides is 1. The molecule has 0 radical (unpaired) electrons. The van der Waals surface area contributed by atoms with Crippen molar-refractivity contribution in [1.82, 2.24) is 0 Å². The number of ether oxygens (including phenoxy) is 3. The van der Waals surface area contributed by atoms with E-state index in [9.17, 15) is 9.18 Å². The Morgan fingerprint density at radius 2 is 1.74 bits per heavy atom. The van der Waals surface area contributed by atoms with Gasteiger partial charge in [-0.3, -0.25) is 0 Å². The van der Waals surface area contributed by atoms with Crippen LogP contribution in [-0.4, -0.2) is 25.4 Å². The van der Waals surface area contributed by atoms with Crippen LogP contribution in [0.25, 0.3) is 0 Å². The average molecular weight is 398 g/mol. The molecule has 0 spiro atoms. The van der Waals surface area contributed by atoms with E-state index in [0.29, 0.717) is 30.3 Å². The zero-order valence-electron chi connectivity index (χ0n) is 15.4. The molecule has 0 saturated carbocycles. The summed E-state index contributed by atoms with van der Waals surface area (Å²) in [6.45, 7) is 4.34. The Morgan fingerprint density at radius 1 is 1.04 bits per heavy atom. The summed E-state index contributed by atoms with van der Waals surface area (Å²) < 4.78 is 30.3. The third-order valence-electron chi connectivity index (χ3n) is 3.72. The van der Waals surface area contributed by atoms with E-state index in [4.69, 9.17) is 15.2 Å². The van der Waals surface area contributed by atoms with Crippen molar-refractivity contribution in [1.29, 1.82) is 0 Å². The number of halogens is 2. The van der Waals surface area contributed by atoms with Crippen molar-refractivity contribution in [2.24, 2.45) is 5.73 Å². The van der Waals surface area contributed by atoms with Crippen molar-refractivity contribution >= 4 is 18.4 Å². The standard InChI is InChI=1S/C20H24FNO4.ClH/c1-3-24-17-12-15(19(22)18(21)20(23)25-4-2)10-11-16(17)26-13-14-8-6-5-7-9-14;/h5-12,18-19H,3-4,13,22H2,1-2H3;1H/t18?,19-;/m1./s1. The van der Waals surface area contributed by atoms with Crippen LogP contribution in [0.2, 0.25) is 0 Å². The lowest BCUT2D eigenvalue weighted by Crippen LogP contribution is -2.31. The highest BCUT2D eigenvalue weighted by Crippen LogP contribution is 2.32. The number of hydrogen-bond donors (Lipinski definition) is 1. The van der Waals surface area contributed by atoms with Crippen LogP contribution >= 0.6 is 12.4 Å². The molecule has 2 aromatic carbocycles. The minimum atomic E-state index is -1.94. The van der Waals surface area contributed by atoms with Gasteiger partial charge in [-0.15, -0.1) is 12.4 Å². The molecule has 0 fully saturated rings. The van der Waals surface area contributed by atoms with Gasteiger partial charge in [0.05, 0.1) is 19.3 Å². The van der Waals surface area contributed by atoms with E-state index < -0.39 is 18.2 Å². The largest absolute Gasteiger partial charge is 0.490 e. The Morgan fingerprint density at radius 3 is 2.37 bits per heavy atom. The molecule has 1 unspecified atom stereocenters. The first-order chi connectivity index (χ1) is 12.6. The summed E-state index contributed by atoms with van der Waals surface area (Å²) in [6.07, 6.45) is -1.94. The molecule has 0 heterocycles. The highest BCUT2D eigenvalue weighted by Gasteiger charge is 2.28. The smallest absolute Gasteiger partial charge is 0.342 e. The lowest BCUT2D eigenvalue weighted by atomic mass is 10.0. The summed E-state index contributed by atoms with van der Waals surface area (Å²) >= 11 is 0. The van der Waals surface area contributed by atoms with E-state index in [-0.39, 0.29) is 19.0 Å². The third kappa shape index (κ3) is 6.41. The molecular formula is C20H25ClFNO4. The normalized spacial score (nSPS) is 12.4. The van der Waals surface area contributed by atoms with E-state index in [1.54, 1.807) is 25.1 Å². The predicted octanol–water partition coefficient (Wildman–Crippen LogP) is 3.99. The van der Waals surface area contributed by atoms with E-state index in [0.717, 1.165) is 5.56 Å². The third-order valence-corrected chi connectivity index (χ3v) is 3.72. The van der Waals surface area contributed by atoms with Crippen LogP contribution in [0, 0.1) is 0 Å². The molecule has 0 amide bonds. The molecule has 2 rings (SSSR count). The van der Waals surface area contributed by atoms with Gasteiger partial charge in [-0.2, -0.15) is 0 Å². The van der Waals surface area contributed by atoms with Gasteiger partial charge in [0.1, 0.15) is 6.61 Å². The van der Waals surface area contributed by atoms with Crippen LogP contribution < -0.4 is 15.2 Å². The summed E-state index contributed by atoms with van der Waals surface area (Å²) in [4.78, 5) is 11.6. The zero-order chi connectivity index (χ0) is 18.9. The van der Waals surface area contributed by atoms with Crippen LogP contribution in [0.1, 0.15) is 31.0 Å². The Balaban J connectivity index is 0.00000364. The molecule has 0 aliphatic rings. The second-order valence-electron chi connectivity index (χ2n) is 5.59. The highest BCUT2D eigenvalue weighted by molar-refractivity contribution is 5.85. The van der Waals surface area contributed by atoms with Gasteiger partial charge in [0.25, 0.3) is 0 Å². The Bertz CT molecular complexity index is 714. The van der Waals surface area contributed by atoms with Crippen molar-refractivity contribution in [3.8, 4) is 11.5 Å². The van der Waals surface area contributed by atoms with E-state index in [1.807, 2.05) is 37.3 Å². The summed E-state index contributed by atoms with van der Waals surface area (Å²) in [7, 11) is 0. The number of carbonyl (C=O) groups excluding carboxylic acids is 1. The van der Waals surface area contributed by atoms with Crippen LogP contribution in [-0.2, 0) is 16.1 Å². The monoisotopic (exact) mass is 397 g/mol. The molecule has 0 aliphatic carbocycles. The summed E-state index contributed by atoms with van der Waals surface area (Å²) in [5, 5.41) is 0. The van der Waals surface area contributed by atoms with Crippen LogP contribution in [0.4, 0.5) is 4.39 Å². The van der Waals surface area contributed by atoms with Gasteiger partial charge in [-0.1, -0.05) is 36.4 Å². The molecule has 0 aliphatic heterocycles. The molecular weight excluding hydrogens is 373 g/mol. The number of nitrogens with two attached hydrogens (primary N) is 1. The van der Waals surface area contributed by atoms with Gasteiger partial charge in [-0.05, 0) is 37.1 Å². The number of hydrogen-bond acceptors (Lipinski definition) is 5. The first-order valence-corrected chi connectivity index (χ1v) is 8.56. The molecule has 2 aromatic rings. The van der Waals surface area contributed by atoms with Gasteiger partial charge in [0, 0.05) is 0 Å². The van der Waals surface area contributed by atoms with E-state index in [2.05, 4.69) is 4.74 Å². The molecule has 148 valence electrons. The van der Waals surface area contributed by atoms with Gasteiger partial charge in [-0.25, -0.2) is 9.18 Å². The Hall–Kier alpha value is -2.31. The number of rotatable bonds is 9. The van der Waals surface area contributed by atoms with Crippen molar-refractivity contribution in [3.63, 3.8) is 0 Å². The van der Waals surface area contributed by atoms with Crippen molar-refractivity contribution in [2.45, 2.75) is 32.7 Å². The fourth-order valence-electron chi connectivity index (χ4n) is 2.39. The average Bonchev–Trinajstić information content (AvgIpc) is 2.67. The molecule has 7 heteroatoms. The predicted molar refractivity (Wildman–Crippen MR) is 104 cm³/mol. The van der Waals surface area contributed by atoms with Crippen LogP contribution in [0.15, 0.2) is 48.5 Å². The Labute approximate surface area is 165 Å². The first-order valence-electron chi connectivity index (χ1n) is 8.56. The summed E-state index contributed by atoms with van der Waals surface area (Å²) in [5.41, 5.74) is 7.32. The van der Waals surface area contributed by atoms with E-state index in [1.165, 1.54) is 0 Å². The topological polar surface area (TPSA) is 70.8 Å². The fraction of sp³-hybridized carbons (Fsp3) is 0.350. The second kappa shape index (κ2) is 11.4. The summed E-state index contributed by atoms with van der Waals surface area (Å²) in [6, 6.07) is 13.5. The molecule has 2 atom stereocenters. The molecule has 0 aromatic heterocycles. The second-order valence-corrected chi connectivity index (χ2v) is 5.59. The van der Waals surface area contributed by atoms with Crippen molar-refractivity contribution in [3.05, 3.63) is 59.7 Å². The molecule has 0 bridgehead atoms. The highest BCUT2D eigenvalue weighted by atomic mass is 35.5. The van der Waals surface area contributed by atoms with Gasteiger partial charge in [0.15, 0.2) is 11.5 Å². The quantitative estimate of drug-likeness (QED) is 0.648. The number of carbonyl (C=O) groups is 1. The molecule has 0 saturated heterocycles. The van der Waals surface area contributed by atoms with E-state index >= 15 is 0 Å². The van der Waals surface area contributed by atoms with Gasteiger partial charge in [0.2, 0.25) is 6.17 Å². The first kappa shape index (κ1) is 22.7. The maximum atomic E-state index is 14.2. The maximum absolute atomic E-state index is 14.2. The lowest BCUT2D eigenvalue weighted by Gasteiger charge is -2.18. The summed E-state index contributed by atoms with van der Waals surface area (Å²) in [5.74, 6) is 0.00741. The van der Waals surface area contributed by atoms with Crippen LogP contribution in [0.5, 0.6) is 11.5 Å². The zero-order valence-corrected chi connectivity index (χ0v) is 16.2. The fourth-order valence-corrected chi connectivity index (χ4v) is 2.39. The van der Waals surface area contributed by atoms with Gasteiger partial charge >= 0.3 is 5.97 Å².